The zero-order valence-corrected chi connectivity index (χ0v) is 8.51. The van der Waals surface area contributed by atoms with E-state index in [1.165, 1.54) is 18.2 Å². The third-order valence-corrected chi connectivity index (χ3v) is 1.80. The molecule has 1 rings (SSSR count). The van der Waals surface area contributed by atoms with Gasteiger partial charge in [-0.25, -0.2) is 0 Å². The fourth-order valence-electron chi connectivity index (χ4n) is 1.08. The van der Waals surface area contributed by atoms with Crippen molar-refractivity contribution < 1.29 is 18.0 Å². The highest BCUT2D eigenvalue weighted by Crippen LogP contribution is 2.29. The van der Waals surface area contributed by atoms with Gasteiger partial charge in [0.05, 0.1) is 5.56 Å². The van der Waals surface area contributed by atoms with Gasteiger partial charge >= 0.3 is 6.18 Å². The predicted octanol–water partition coefficient (Wildman–Crippen LogP) is 3.22. The van der Waals surface area contributed by atoms with Crippen molar-refractivity contribution in [2.45, 2.75) is 13.1 Å². The average Bonchev–Trinajstić information content (AvgIpc) is 2.17. The summed E-state index contributed by atoms with van der Waals surface area (Å²) in [7, 11) is 0. The Morgan fingerprint density at radius 1 is 1.25 bits per heavy atom. The smallest absolute Gasteiger partial charge is 0.323 e. The highest BCUT2D eigenvalue weighted by molar-refractivity contribution is 5.99. The van der Waals surface area contributed by atoms with Crippen LogP contribution in [0.4, 0.5) is 18.9 Å². The molecule has 0 aliphatic heterocycles. The molecule has 1 aromatic rings. The van der Waals surface area contributed by atoms with Crippen molar-refractivity contribution >= 4 is 11.6 Å². The lowest BCUT2D eigenvalue weighted by molar-refractivity contribution is -0.137. The van der Waals surface area contributed by atoms with Crippen LogP contribution in [0, 0.1) is 0 Å². The Kier molecular flexibility index (Phi) is 3.71. The summed E-state index contributed by atoms with van der Waals surface area (Å²) in [6, 6.07) is 4.27. The van der Waals surface area contributed by atoms with Crippen LogP contribution < -0.4 is 5.32 Å². The summed E-state index contributed by atoms with van der Waals surface area (Å²) < 4.78 is 36.6. The average molecular weight is 229 g/mol. The second-order valence-corrected chi connectivity index (χ2v) is 3.06. The van der Waals surface area contributed by atoms with Crippen molar-refractivity contribution in [3.05, 3.63) is 42.0 Å². The molecule has 0 heterocycles. The minimum absolute atomic E-state index is 0.330. The summed E-state index contributed by atoms with van der Waals surface area (Å²) in [5.74, 6) is -0.373. The number of halogens is 3. The highest BCUT2D eigenvalue weighted by atomic mass is 19.4. The number of carbonyl (C=O) groups excluding carboxylic acids is 1. The lowest BCUT2D eigenvalue weighted by Gasteiger charge is -2.07. The molecule has 0 saturated carbocycles. The molecule has 86 valence electrons. The Bertz CT molecular complexity index is 393. The molecule has 0 fully saturated rings. The number of amides is 1. The molecule has 0 saturated heterocycles. The van der Waals surface area contributed by atoms with Crippen LogP contribution in [0.3, 0.4) is 0 Å². The summed E-state index contributed by atoms with van der Waals surface area (Å²) in [6.07, 6.45) is -1.52. The first-order valence-electron chi connectivity index (χ1n) is 4.54. The molecule has 2 nitrogen and oxygen atoms in total. The van der Waals surface area contributed by atoms with E-state index in [1.807, 2.05) is 0 Å². The lowest BCUT2D eigenvalue weighted by atomic mass is 10.2. The predicted molar refractivity (Wildman–Crippen MR) is 54.9 cm³/mol. The molecule has 0 aliphatic rings. The van der Waals surface area contributed by atoms with Gasteiger partial charge in [0, 0.05) is 5.69 Å². The van der Waals surface area contributed by atoms with Crippen LogP contribution in [-0.4, -0.2) is 5.91 Å². The van der Waals surface area contributed by atoms with Gasteiger partial charge in [-0.3, -0.25) is 4.79 Å². The second kappa shape index (κ2) is 4.83. The third-order valence-electron chi connectivity index (χ3n) is 1.80. The minimum atomic E-state index is -4.36. The van der Waals surface area contributed by atoms with Gasteiger partial charge < -0.3 is 5.32 Å². The van der Waals surface area contributed by atoms with Gasteiger partial charge in [0.25, 0.3) is 0 Å². The number of hydrogen-bond donors (Lipinski definition) is 1. The van der Waals surface area contributed by atoms with Gasteiger partial charge in [0.1, 0.15) is 0 Å². The molecule has 0 radical (unpaired) electrons. The standard InChI is InChI=1S/C11H10F3NO/c1-2-3-10(16)15-9-6-4-8(5-7-9)11(12,13)14/h2-7H,1H3,(H,15,16)/b3-2+. The maximum Gasteiger partial charge on any atom is 0.416 e. The minimum Gasteiger partial charge on any atom is -0.323 e. The zero-order chi connectivity index (χ0) is 12.2. The van der Waals surface area contributed by atoms with Gasteiger partial charge in [-0.05, 0) is 37.3 Å². The molecule has 0 bridgehead atoms. The van der Waals surface area contributed by atoms with E-state index in [-0.39, 0.29) is 5.91 Å². The first kappa shape index (κ1) is 12.3. The molecule has 0 aliphatic carbocycles. The Morgan fingerprint density at radius 2 is 1.81 bits per heavy atom. The zero-order valence-electron chi connectivity index (χ0n) is 8.51. The van der Waals surface area contributed by atoms with Gasteiger partial charge in [-0.1, -0.05) is 6.08 Å². The van der Waals surface area contributed by atoms with E-state index in [4.69, 9.17) is 0 Å². The van der Waals surface area contributed by atoms with Crippen LogP contribution in [0.15, 0.2) is 36.4 Å². The fraction of sp³-hybridized carbons (Fsp3) is 0.182. The first-order valence-corrected chi connectivity index (χ1v) is 4.54. The number of allylic oxidation sites excluding steroid dienone is 1. The normalized spacial score (nSPS) is 11.8. The molecule has 16 heavy (non-hydrogen) atoms. The molecule has 1 N–H and O–H groups in total. The topological polar surface area (TPSA) is 29.1 Å². The maximum atomic E-state index is 12.2. The van der Waals surface area contributed by atoms with Gasteiger partial charge in [-0.15, -0.1) is 0 Å². The fourth-order valence-corrected chi connectivity index (χ4v) is 1.08. The Balaban J connectivity index is 2.76. The van der Waals surface area contributed by atoms with Crippen molar-refractivity contribution in [3.8, 4) is 0 Å². The lowest BCUT2D eigenvalue weighted by Crippen LogP contribution is -2.09. The van der Waals surface area contributed by atoms with E-state index in [1.54, 1.807) is 13.0 Å². The van der Waals surface area contributed by atoms with Crippen molar-refractivity contribution in [3.63, 3.8) is 0 Å². The van der Waals surface area contributed by atoms with Crippen LogP contribution in [-0.2, 0) is 11.0 Å². The number of rotatable bonds is 2. The number of benzene rings is 1. The van der Waals surface area contributed by atoms with Crippen LogP contribution in [0.25, 0.3) is 0 Å². The summed E-state index contributed by atoms with van der Waals surface area (Å²) >= 11 is 0. The van der Waals surface area contributed by atoms with Gasteiger partial charge in [0.2, 0.25) is 5.91 Å². The number of hydrogen-bond acceptors (Lipinski definition) is 1. The van der Waals surface area contributed by atoms with Crippen LogP contribution in [0.5, 0.6) is 0 Å². The molecular formula is C11H10F3NO. The Labute approximate surface area is 90.8 Å². The van der Waals surface area contributed by atoms with E-state index < -0.39 is 11.7 Å². The quantitative estimate of drug-likeness (QED) is 0.775. The molecular weight excluding hydrogens is 219 g/mol. The van der Waals surface area contributed by atoms with Gasteiger partial charge in [0.15, 0.2) is 0 Å². The van der Waals surface area contributed by atoms with E-state index in [2.05, 4.69) is 5.32 Å². The summed E-state index contributed by atoms with van der Waals surface area (Å²) in [5.41, 5.74) is -0.410. The number of nitrogens with one attached hydrogen (secondary N) is 1. The first-order chi connectivity index (χ1) is 7.43. The highest BCUT2D eigenvalue weighted by Gasteiger charge is 2.29. The SMILES string of the molecule is C/C=C/C(=O)Nc1ccc(C(F)(F)F)cc1. The van der Waals surface area contributed by atoms with Crippen molar-refractivity contribution in [2.24, 2.45) is 0 Å². The molecule has 0 spiro atoms. The summed E-state index contributed by atoms with van der Waals surface area (Å²) in [6.45, 7) is 1.67. The molecule has 0 aromatic heterocycles. The van der Waals surface area contributed by atoms with E-state index in [9.17, 15) is 18.0 Å². The number of alkyl halides is 3. The summed E-state index contributed by atoms with van der Waals surface area (Å²) in [4.78, 5) is 11.1. The number of anilines is 1. The molecule has 0 atom stereocenters. The monoisotopic (exact) mass is 229 g/mol. The summed E-state index contributed by atoms with van der Waals surface area (Å²) in [5, 5.41) is 2.43. The third kappa shape index (κ3) is 3.42. The number of carbonyl (C=O) groups is 1. The van der Waals surface area contributed by atoms with Crippen LogP contribution in [0.2, 0.25) is 0 Å². The van der Waals surface area contributed by atoms with Crippen molar-refractivity contribution in [1.82, 2.24) is 0 Å². The van der Waals surface area contributed by atoms with Crippen LogP contribution in [0.1, 0.15) is 12.5 Å². The largest absolute Gasteiger partial charge is 0.416 e. The van der Waals surface area contributed by atoms with Gasteiger partial charge in [-0.2, -0.15) is 13.2 Å². The van der Waals surface area contributed by atoms with E-state index in [0.717, 1.165) is 12.1 Å². The van der Waals surface area contributed by atoms with Crippen molar-refractivity contribution in [2.75, 3.05) is 5.32 Å². The molecule has 0 unspecified atom stereocenters. The van der Waals surface area contributed by atoms with Crippen molar-refractivity contribution in [1.29, 1.82) is 0 Å². The van der Waals surface area contributed by atoms with Crippen LogP contribution >= 0.6 is 0 Å². The maximum absolute atomic E-state index is 12.2. The molecule has 5 heteroatoms. The molecule has 1 aromatic carbocycles. The Hall–Kier alpha value is -1.78. The second-order valence-electron chi connectivity index (χ2n) is 3.06. The Morgan fingerprint density at radius 3 is 2.25 bits per heavy atom. The van der Waals surface area contributed by atoms with E-state index in [0.29, 0.717) is 5.69 Å². The molecule has 1 amide bonds. The van der Waals surface area contributed by atoms with E-state index >= 15 is 0 Å².